The van der Waals surface area contributed by atoms with Gasteiger partial charge in [0.1, 0.15) is 69.0 Å². The number of phenolic OH excluding ortho intramolecular Hbond substituents is 4. The van der Waals surface area contributed by atoms with E-state index in [4.69, 9.17) is 37.9 Å². The molecule has 18 aromatic carbocycles. The standard InChI is InChI=1S/2C20H17NO2.2C18H13NO2.2C12H9N.2C8H9BrO2/c1-22-15-11-14(12-16(13-15)23-2)21-19-9-5-3-7-17(19)18-8-4-6-10-20(18)21;1-22-14-11-12-20(23-2)19(13-14)21-17-9-5-3-7-15(17)16-8-4-6-10-18(16)21;20-13-9-12(10-14(21)11-13)19-17-7-3-1-5-15(17)16-6-2-4-8-18(16)19;20-12-9-10-18(21)17(11-12)19-15-7-3-1-5-13(15)14-6-2-4-8-16(14)19;2*1-3-7-11-9(5-1)10-6-2-4-8-12(10)13-11;1-10-7-3-6(9)4-8(5-7)11-2;1-10-6-3-4-8(11-2)7(9)5-6/h2*3-13H,1-2H3;2*1-11,20-21H;2*1-8,13H;2*3-5H,1-2H3. The third kappa shape index (κ3) is 19.4. The molecule has 24 aromatic rings. The fourth-order valence-corrected chi connectivity index (χ4v) is 18.2. The van der Waals surface area contributed by atoms with Gasteiger partial charge in [0.2, 0.25) is 0 Å². The normalized spacial score (nSPS) is 10.8. The number of para-hydroxylation sites is 12. The minimum atomic E-state index is 0.0480. The summed E-state index contributed by atoms with van der Waals surface area (Å²) in [6.45, 7) is 0. The minimum Gasteiger partial charge on any atom is -0.508 e. The summed E-state index contributed by atoms with van der Waals surface area (Å²) < 4.78 is 52.3. The van der Waals surface area contributed by atoms with Crippen molar-refractivity contribution in [1.29, 1.82) is 0 Å². The molecule has 0 radical (unpaired) electrons. The first-order valence-electron chi connectivity index (χ1n) is 43.7. The molecule has 0 aliphatic rings. The Hall–Kier alpha value is -16.7. The number of H-pyrrole nitrogens is 2. The lowest BCUT2D eigenvalue weighted by Gasteiger charge is -2.14. The molecule has 0 unspecified atom stereocenters. The molecule has 0 atom stereocenters. The Bertz CT molecular complexity index is 7900. The van der Waals surface area contributed by atoms with E-state index in [1.165, 1.54) is 94.4 Å². The monoisotopic (exact) mass is 1920 g/mol. The third-order valence-corrected chi connectivity index (χ3v) is 24.5. The van der Waals surface area contributed by atoms with Gasteiger partial charge < -0.3 is 86.6 Å². The fourth-order valence-electron chi connectivity index (χ4n) is 17.2. The molecule has 0 saturated carbocycles. The van der Waals surface area contributed by atoms with Gasteiger partial charge >= 0.3 is 0 Å². The molecule has 0 saturated heterocycles. The average Bonchev–Trinajstić information content (AvgIpc) is 1.61. The number of aromatic amines is 2. The molecule has 0 amide bonds. The van der Waals surface area contributed by atoms with Gasteiger partial charge in [-0.2, -0.15) is 0 Å². The number of benzene rings is 18. The number of methoxy groups -OCH3 is 8. The quantitative estimate of drug-likeness (QED) is 0.0632. The van der Waals surface area contributed by atoms with Crippen molar-refractivity contribution in [2.75, 3.05) is 56.9 Å². The molecule has 0 aliphatic heterocycles. The third-order valence-electron chi connectivity index (χ3n) is 23.4. The second-order valence-electron chi connectivity index (χ2n) is 31.4. The highest BCUT2D eigenvalue weighted by Crippen LogP contribution is 2.42. The Morgan fingerprint density at radius 2 is 0.478 bits per heavy atom. The molecule has 676 valence electrons. The molecule has 0 fully saturated rings. The van der Waals surface area contributed by atoms with Gasteiger partial charge in [-0.3, -0.25) is 0 Å². The number of fused-ring (bicyclic) bond motifs is 18. The smallest absolute Gasteiger partial charge is 0.143 e. The maximum Gasteiger partial charge on any atom is 0.143 e. The van der Waals surface area contributed by atoms with Crippen molar-refractivity contribution in [2.24, 2.45) is 0 Å². The summed E-state index contributed by atoms with van der Waals surface area (Å²) in [5.74, 6) is 6.75. The first-order chi connectivity index (χ1) is 66.6. The summed E-state index contributed by atoms with van der Waals surface area (Å²) >= 11 is 6.68. The number of phenols is 4. The van der Waals surface area contributed by atoms with E-state index in [0.29, 0.717) is 5.69 Å². The number of halogens is 2. The van der Waals surface area contributed by atoms with E-state index < -0.39 is 0 Å². The highest BCUT2D eigenvalue weighted by atomic mass is 79.9. The first-order valence-corrected chi connectivity index (χ1v) is 45.3. The second-order valence-corrected chi connectivity index (χ2v) is 33.2. The van der Waals surface area contributed by atoms with Crippen LogP contribution in [0.15, 0.2) is 409 Å². The number of aromatic hydroxyl groups is 4. The van der Waals surface area contributed by atoms with Crippen molar-refractivity contribution in [3.63, 3.8) is 0 Å². The summed E-state index contributed by atoms with van der Waals surface area (Å²) in [4.78, 5) is 6.76. The Morgan fingerprint density at radius 3 is 0.794 bits per heavy atom. The largest absolute Gasteiger partial charge is 0.508 e. The van der Waals surface area contributed by atoms with Gasteiger partial charge in [0, 0.05) is 146 Å². The van der Waals surface area contributed by atoms with E-state index >= 15 is 0 Å². The molecule has 18 nitrogen and oxygen atoms in total. The van der Waals surface area contributed by atoms with Crippen molar-refractivity contribution in [3.05, 3.63) is 409 Å². The number of aromatic nitrogens is 6. The van der Waals surface area contributed by atoms with Gasteiger partial charge in [-0.05, 0) is 143 Å². The van der Waals surface area contributed by atoms with Gasteiger partial charge in [0.05, 0.1) is 128 Å². The molecule has 0 bridgehead atoms. The van der Waals surface area contributed by atoms with Gasteiger partial charge in [0.15, 0.2) is 0 Å². The summed E-state index contributed by atoms with van der Waals surface area (Å²) in [6.07, 6.45) is 0. The Labute approximate surface area is 801 Å². The Morgan fingerprint density at radius 1 is 0.206 bits per heavy atom. The summed E-state index contributed by atoms with van der Waals surface area (Å²) in [5.41, 5.74) is 16.9. The van der Waals surface area contributed by atoms with E-state index in [1.807, 2.05) is 155 Å². The number of ether oxygens (including phenoxy) is 8. The molecular formula is C116H96Br2N6O12. The van der Waals surface area contributed by atoms with Crippen LogP contribution in [0.25, 0.3) is 154 Å². The highest BCUT2D eigenvalue weighted by Gasteiger charge is 2.20. The number of nitrogens with zero attached hydrogens (tertiary/aromatic N) is 4. The van der Waals surface area contributed by atoms with Crippen LogP contribution in [-0.4, -0.2) is 106 Å². The van der Waals surface area contributed by atoms with Crippen molar-refractivity contribution < 1.29 is 58.3 Å². The predicted octanol–water partition coefficient (Wildman–Crippen LogP) is 29.6. The molecule has 20 heteroatoms. The Balaban J connectivity index is 0.000000110. The zero-order valence-corrected chi connectivity index (χ0v) is 78.9. The lowest BCUT2D eigenvalue weighted by atomic mass is 10.2. The van der Waals surface area contributed by atoms with Gasteiger partial charge in [-0.15, -0.1) is 0 Å². The zero-order chi connectivity index (χ0) is 94.3. The van der Waals surface area contributed by atoms with Crippen LogP contribution in [0.3, 0.4) is 0 Å². The van der Waals surface area contributed by atoms with Crippen molar-refractivity contribution in [2.45, 2.75) is 0 Å². The van der Waals surface area contributed by atoms with Gasteiger partial charge in [0.25, 0.3) is 0 Å². The first kappa shape index (κ1) is 91.2. The summed E-state index contributed by atoms with van der Waals surface area (Å²) in [7, 11) is 13.2. The van der Waals surface area contributed by atoms with E-state index in [1.54, 1.807) is 75.1 Å². The Kier molecular flexibility index (Phi) is 28.1. The molecule has 0 spiro atoms. The molecule has 6 N–H and O–H groups in total. The average molecular weight is 1930 g/mol. The fraction of sp³-hybridized carbons (Fsp3) is 0.0690. The molecule has 0 aliphatic carbocycles. The van der Waals surface area contributed by atoms with Gasteiger partial charge in [-0.1, -0.05) is 234 Å². The van der Waals surface area contributed by atoms with E-state index in [2.05, 4.69) is 269 Å². The van der Waals surface area contributed by atoms with Crippen LogP contribution in [0, 0.1) is 0 Å². The van der Waals surface area contributed by atoms with Crippen LogP contribution in [0.4, 0.5) is 0 Å². The number of nitrogens with one attached hydrogen (secondary N) is 2. The molecule has 24 rings (SSSR count). The van der Waals surface area contributed by atoms with Crippen LogP contribution in [0.1, 0.15) is 0 Å². The van der Waals surface area contributed by atoms with Gasteiger partial charge in [-0.25, -0.2) is 0 Å². The molecule has 136 heavy (non-hydrogen) atoms. The second kappa shape index (κ2) is 41.8. The number of hydrogen-bond acceptors (Lipinski definition) is 12. The van der Waals surface area contributed by atoms with E-state index in [-0.39, 0.29) is 23.0 Å². The molecule has 6 heterocycles. The molecule has 6 aromatic heterocycles. The van der Waals surface area contributed by atoms with Crippen LogP contribution < -0.4 is 37.9 Å². The number of hydrogen-bond donors (Lipinski definition) is 6. The highest BCUT2D eigenvalue weighted by molar-refractivity contribution is 9.10. The van der Waals surface area contributed by atoms with Crippen LogP contribution in [0.2, 0.25) is 0 Å². The minimum absolute atomic E-state index is 0.0480. The predicted molar refractivity (Wildman–Crippen MR) is 562 cm³/mol. The SMILES string of the molecule is COc1cc(Br)cc(OC)c1.COc1cc(OC)cc(-n2c3ccccc3c3ccccc32)c1.COc1ccc(OC)c(-n2c3ccccc3c3ccccc32)c1.COc1ccc(OC)c(Br)c1.Oc1cc(O)cc(-n2c3ccccc3c3ccccc32)c1.Oc1ccc(O)c(-n2c3ccccc3c3ccccc32)c1.c1ccc2c(c1)[nH]c1ccccc12.c1ccc2c(c1)[nH]c1ccccc12. The molecular weight excluding hydrogens is 1830 g/mol. The van der Waals surface area contributed by atoms with Crippen molar-refractivity contribution in [1.82, 2.24) is 28.2 Å². The van der Waals surface area contributed by atoms with E-state index in [0.717, 1.165) is 127 Å². The number of rotatable bonds is 12. The maximum atomic E-state index is 10.2. The van der Waals surface area contributed by atoms with E-state index in [9.17, 15) is 20.4 Å². The lowest BCUT2D eigenvalue weighted by Crippen LogP contribution is -1.98. The topological polar surface area (TPSA) is 206 Å². The lowest BCUT2D eigenvalue weighted by molar-refractivity contribution is 0.393. The van der Waals surface area contributed by atoms with Crippen molar-refractivity contribution in [3.8, 4) is 91.7 Å². The summed E-state index contributed by atoms with van der Waals surface area (Å²) in [5, 5.41) is 54.2. The summed E-state index contributed by atoms with van der Waals surface area (Å²) in [6, 6.07) is 132. The zero-order valence-electron chi connectivity index (χ0n) is 75.7. The van der Waals surface area contributed by atoms with Crippen LogP contribution >= 0.6 is 31.9 Å². The maximum absolute atomic E-state index is 10.2. The van der Waals surface area contributed by atoms with Crippen LogP contribution in [0.5, 0.6) is 69.0 Å². The van der Waals surface area contributed by atoms with Crippen LogP contribution in [-0.2, 0) is 0 Å². The van der Waals surface area contributed by atoms with Crippen molar-refractivity contribution >= 4 is 163 Å².